The molecular formula is C15H12F5NO2. The number of nitrogens with one attached hydrogen (secondary N) is 1. The number of para-hydroxylation sites is 1. The molecule has 0 aromatic heterocycles. The lowest BCUT2D eigenvalue weighted by atomic mass is 10.2. The largest absolute Gasteiger partial charge is 0.573 e. The van der Waals surface area contributed by atoms with Gasteiger partial charge in [0, 0.05) is 23.9 Å². The number of benzene rings is 2. The first-order valence-electron chi connectivity index (χ1n) is 6.46. The highest BCUT2D eigenvalue weighted by atomic mass is 19.4. The zero-order chi connectivity index (χ0) is 16.9. The topological polar surface area (TPSA) is 30.5 Å². The van der Waals surface area contributed by atoms with Gasteiger partial charge in [0.15, 0.2) is 0 Å². The lowest BCUT2D eigenvalue weighted by molar-refractivity contribution is -0.274. The van der Waals surface area contributed by atoms with E-state index in [1.54, 1.807) is 12.1 Å². The molecule has 3 nitrogen and oxygen atoms in total. The minimum Gasteiger partial charge on any atom is -0.435 e. The lowest BCUT2D eigenvalue weighted by Gasteiger charge is -2.14. The normalized spacial score (nSPS) is 11.4. The van der Waals surface area contributed by atoms with Crippen molar-refractivity contribution in [1.82, 2.24) is 0 Å². The van der Waals surface area contributed by atoms with Crippen LogP contribution in [0.2, 0.25) is 0 Å². The highest BCUT2D eigenvalue weighted by Gasteiger charge is 2.31. The first-order chi connectivity index (χ1) is 10.8. The van der Waals surface area contributed by atoms with Crippen molar-refractivity contribution in [3.05, 3.63) is 54.1 Å². The zero-order valence-electron chi connectivity index (χ0n) is 11.6. The number of halogens is 5. The van der Waals surface area contributed by atoms with Crippen molar-refractivity contribution >= 4 is 5.69 Å². The predicted molar refractivity (Wildman–Crippen MR) is 73.5 cm³/mol. The maximum atomic E-state index is 12.3. The summed E-state index contributed by atoms with van der Waals surface area (Å²) in [5.41, 5.74) is 0.690. The van der Waals surface area contributed by atoms with E-state index in [0.717, 1.165) is 0 Å². The van der Waals surface area contributed by atoms with Crippen molar-refractivity contribution in [3.63, 3.8) is 0 Å². The molecule has 0 bridgehead atoms. The molecule has 0 amide bonds. The molecule has 2 aromatic rings. The number of alkyl halides is 5. The Morgan fingerprint density at radius 3 is 2.43 bits per heavy atom. The SMILES string of the molecule is FC(F)Oc1cccc(NCc2ccccc2OC(F)(F)F)c1. The Kier molecular flexibility index (Phi) is 5.25. The van der Waals surface area contributed by atoms with Crippen LogP contribution in [0.1, 0.15) is 5.56 Å². The van der Waals surface area contributed by atoms with Crippen LogP contribution in [0.15, 0.2) is 48.5 Å². The Hall–Kier alpha value is -2.51. The van der Waals surface area contributed by atoms with Gasteiger partial charge in [-0.25, -0.2) is 0 Å². The third kappa shape index (κ3) is 5.65. The number of rotatable bonds is 6. The van der Waals surface area contributed by atoms with Crippen molar-refractivity contribution < 1.29 is 31.4 Å². The van der Waals surface area contributed by atoms with Crippen molar-refractivity contribution in [3.8, 4) is 11.5 Å². The van der Waals surface area contributed by atoms with Gasteiger partial charge >= 0.3 is 13.0 Å². The Morgan fingerprint density at radius 1 is 1.00 bits per heavy atom. The molecule has 0 unspecified atom stereocenters. The van der Waals surface area contributed by atoms with Gasteiger partial charge in [-0.3, -0.25) is 0 Å². The summed E-state index contributed by atoms with van der Waals surface area (Å²) in [7, 11) is 0. The van der Waals surface area contributed by atoms with Crippen molar-refractivity contribution in [1.29, 1.82) is 0 Å². The van der Waals surface area contributed by atoms with Crippen LogP contribution in [0.4, 0.5) is 27.6 Å². The minimum absolute atomic E-state index is 0.0182. The molecule has 0 heterocycles. The van der Waals surface area contributed by atoms with Crippen LogP contribution in [0, 0.1) is 0 Å². The Labute approximate surface area is 128 Å². The standard InChI is InChI=1S/C15H12F5NO2/c16-14(17)22-12-6-3-5-11(8-12)21-9-10-4-1-2-7-13(10)23-15(18,19)20/h1-8,14,21H,9H2. The summed E-state index contributed by atoms with van der Waals surface area (Å²) in [5, 5.41) is 2.83. The molecule has 0 saturated carbocycles. The van der Waals surface area contributed by atoms with E-state index in [0.29, 0.717) is 5.69 Å². The molecular weight excluding hydrogens is 321 g/mol. The van der Waals surface area contributed by atoms with Gasteiger partial charge in [0.2, 0.25) is 0 Å². The summed E-state index contributed by atoms with van der Waals surface area (Å²) in [6.45, 7) is -2.93. The number of hydrogen-bond acceptors (Lipinski definition) is 3. The maximum absolute atomic E-state index is 12.3. The molecule has 8 heteroatoms. The van der Waals surface area contributed by atoms with E-state index in [9.17, 15) is 22.0 Å². The Bertz CT molecular complexity index is 646. The second kappa shape index (κ2) is 7.17. The first-order valence-corrected chi connectivity index (χ1v) is 6.46. The summed E-state index contributed by atoms with van der Waals surface area (Å²) in [5.74, 6) is -0.377. The van der Waals surface area contributed by atoms with Crippen LogP contribution >= 0.6 is 0 Å². The van der Waals surface area contributed by atoms with Gasteiger partial charge in [-0.15, -0.1) is 13.2 Å². The highest BCUT2D eigenvalue weighted by Crippen LogP contribution is 2.27. The van der Waals surface area contributed by atoms with Crippen LogP contribution < -0.4 is 14.8 Å². The summed E-state index contributed by atoms with van der Waals surface area (Å²) in [4.78, 5) is 0. The fourth-order valence-electron chi connectivity index (χ4n) is 1.85. The van der Waals surface area contributed by atoms with Gasteiger partial charge in [0.05, 0.1) is 0 Å². The van der Waals surface area contributed by atoms with E-state index in [4.69, 9.17) is 0 Å². The molecule has 0 saturated heterocycles. The molecule has 0 fully saturated rings. The van der Waals surface area contributed by atoms with Gasteiger partial charge in [0.1, 0.15) is 11.5 Å². The number of anilines is 1. The number of hydrogen-bond donors (Lipinski definition) is 1. The lowest BCUT2D eigenvalue weighted by Crippen LogP contribution is -2.18. The second-order valence-corrected chi connectivity index (χ2v) is 4.42. The molecule has 0 aliphatic rings. The highest BCUT2D eigenvalue weighted by molar-refractivity contribution is 5.49. The van der Waals surface area contributed by atoms with E-state index in [1.165, 1.54) is 36.4 Å². The predicted octanol–water partition coefficient (Wildman–Crippen LogP) is 4.80. The Balaban J connectivity index is 2.06. The fourth-order valence-corrected chi connectivity index (χ4v) is 1.85. The smallest absolute Gasteiger partial charge is 0.435 e. The summed E-state index contributed by atoms with van der Waals surface area (Å²) in [6, 6.07) is 11.4. The van der Waals surface area contributed by atoms with E-state index in [1.807, 2.05) is 0 Å². The van der Waals surface area contributed by atoms with E-state index < -0.39 is 13.0 Å². The van der Waals surface area contributed by atoms with Crippen molar-refractivity contribution in [2.24, 2.45) is 0 Å². The summed E-state index contributed by atoms with van der Waals surface area (Å²) >= 11 is 0. The van der Waals surface area contributed by atoms with Gasteiger partial charge < -0.3 is 14.8 Å². The Morgan fingerprint density at radius 2 is 1.74 bits per heavy atom. The average Bonchev–Trinajstić information content (AvgIpc) is 2.44. The quantitative estimate of drug-likeness (QED) is 0.771. The summed E-state index contributed by atoms with van der Waals surface area (Å²) < 4.78 is 69.5. The van der Waals surface area contributed by atoms with Crippen LogP contribution in [-0.4, -0.2) is 13.0 Å². The third-order valence-corrected chi connectivity index (χ3v) is 2.74. The van der Waals surface area contributed by atoms with Crippen LogP contribution in [-0.2, 0) is 6.54 Å². The molecule has 1 N–H and O–H groups in total. The third-order valence-electron chi connectivity index (χ3n) is 2.74. The second-order valence-electron chi connectivity index (χ2n) is 4.42. The van der Waals surface area contributed by atoms with Crippen molar-refractivity contribution in [2.75, 3.05) is 5.32 Å². The molecule has 0 spiro atoms. The molecule has 0 atom stereocenters. The maximum Gasteiger partial charge on any atom is 0.573 e. The van der Waals surface area contributed by atoms with E-state index >= 15 is 0 Å². The molecule has 0 radical (unpaired) electrons. The fraction of sp³-hybridized carbons (Fsp3) is 0.200. The summed E-state index contributed by atoms with van der Waals surface area (Å²) in [6.07, 6.45) is -4.79. The average molecular weight is 333 g/mol. The first kappa shape index (κ1) is 16.9. The minimum atomic E-state index is -4.79. The van der Waals surface area contributed by atoms with Gasteiger partial charge in [-0.1, -0.05) is 24.3 Å². The number of ether oxygens (including phenoxy) is 2. The molecule has 124 valence electrons. The van der Waals surface area contributed by atoms with Crippen LogP contribution in [0.3, 0.4) is 0 Å². The van der Waals surface area contributed by atoms with E-state index in [2.05, 4.69) is 14.8 Å². The molecule has 2 aromatic carbocycles. The van der Waals surface area contributed by atoms with E-state index in [-0.39, 0.29) is 23.6 Å². The molecule has 2 rings (SSSR count). The molecule has 23 heavy (non-hydrogen) atoms. The molecule has 0 aliphatic heterocycles. The van der Waals surface area contributed by atoms with Gasteiger partial charge in [-0.2, -0.15) is 8.78 Å². The molecule has 0 aliphatic carbocycles. The van der Waals surface area contributed by atoms with Gasteiger partial charge in [0.25, 0.3) is 0 Å². The van der Waals surface area contributed by atoms with Crippen LogP contribution in [0.5, 0.6) is 11.5 Å². The van der Waals surface area contributed by atoms with Gasteiger partial charge in [-0.05, 0) is 18.2 Å². The monoisotopic (exact) mass is 333 g/mol. The van der Waals surface area contributed by atoms with Crippen LogP contribution in [0.25, 0.3) is 0 Å². The van der Waals surface area contributed by atoms with Crippen molar-refractivity contribution in [2.45, 2.75) is 19.5 Å². The zero-order valence-corrected chi connectivity index (χ0v) is 11.6.